The lowest BCUT2D eigenvalue weighted by Gasteiger charge is -2.33. The Morgan fingerprint density at radius 2 is 1.64 bits per heavy atom. The minimum Gasteiger partial charge on any atom is -0.352 e. The number of sulfonamides is 1. The van der Waals surface area contributed by atoms with Crippen molar-refractivity contribution in [1.82, 2.24) is 10.2 Å². The summed E-state index contributed by atoms with van der Waals surface area (Å²) in [5, 5.41) is 3.42. The molecule has 2 aromatic carbocycles. The molecule has 0 heterocycles. The van der Waals surface area contributed by atoms with E-state index in [1.54, 1.807) is 18.2 Å². The zero-order valence-corrected chi connectivity index (χ0v) is 23.8. The minimum absolute atomic E-state index is 0.0489. The van der Waals surface area contributed by atoms with Gasteiger partial charge in [-0.2, -0.15) is 13.2 Å². The van der Waals surface area contributed by atoms with Crippen LogP contribution in [0.15, 0.2) is 42.5 Å². The van der Waals surface area contributed by atoms with E-state index in [0.717, 1.165) is 61.5 Å². The van der Waals surface area contributed by atoms with E-state index < -0.39 is 46.2 Å². The number of amides is 2. The maximum atomic E-state index is 13.7. The van der Waals surface area contributed by atoms with Crippen LogP contribution in [0.1, 0.15) is 50.2 Å². The largest absolute Gasteiger partial charge is 0.416 e. The second-order valence-electron chi connectivity index (χ2n) is 9.56. The van der Waals surface area contributed by atoms with Crippen LogP contribution in [0.5, 0.6) is 0 Å². The molecule has 1 fully saturated rings. The van der Waals surface area contributed by atoms with Crippen LogP contribution < -0.4 is 9.62 Å². The molecule has 0 bridgehead atoms. The average molecular weight is 609 g/mol. The van der Waals surface area contributed by atoms with Gasteiger partial charge in [0.1, 0.15) is 12.6 Å². The summed E-state index contributed by atoms with van der Waals surface area (Å²) < 4.78 is 65.8. The van der Waals surface area contributed by atoms with Crippen molar-refractivity contribution in [2.24, 2.45) is 0 Å². The van der Waals surface area contributed by atoms with Crippen molar-refractivity contribution in [1.29, 1.82) is 0 Å². The summed E-state index contributed by atoms with van der Waals surface area (Å²) in [5.41, 5.74) is -1.06. The van der Waals surface area contributed by atoms with Gasteiger partial charge in [0.15, 0.2) is 0 Å². The molecule has 3 rings (SSSR count). The summed E-state index contributed by atoms with van der Waals surface area (Å²) in [6.45, 7) is 0.427. The molecule has 1 aliphatic carbocycles. The Hall–Kier alpha value is -2.50. The fourth-order valence-electron chi connectivity index (χ4n) is 4.46. The third-order valence-corrected chi connectivity index (χ3v) is 8.50. The number of hydrogen-bond donors (Lipinski definition) is 1. The van der Waals surface area contributed by atoms with E-state index in [-0.39, 0.29) is 28.3 Å². The van der Waals surface area contributed by atoms with E-state index >= 15 is 0 Å². The lowest BCUT2D eigenvalue weighted by molar-refractivity contribution is -0.139. The number of carbonyl (C=O) groups excluding carboxylic acids is 2. The lowest BCUT2D eigenvalue weighted by Crippen LogP contribution is -2.53. The summed E-state index contributed by atoms with van der Waals surface area (Å²) in [6.07, 6.45) is 0.695. The summed E-state index contributed by atoms with van der Waals surface area (Å²) in [5.74, 6) is -1.26. The second-order valence-corrected chi connectivity index (χ2v) is 12.3. The summed E-state index contributed by atoms with van der Waals surface area (Å²) in [6, 6.07) is 7.30. The number of anilines is 1. The highest BCUT2D eigenvalue weighted by Gasteiger charge is 2.34. The number of halogens is 5. The standard InChI is InChI=1S/C26H30Cl2F3N3O4S/c1-17(25(36)32-19-9-4-3-5-10-19)33(15-21-22(27)12-7-13-23(21)28)24(35)16-34(39(2,37)38)20-11-6-8-18(14-20)26(29,30)31/h6-8,11-14,17,19H,3-5,9-10,15-16H2,1-2H3,(H,32,36). The van der Waals surface area contributed by atoms with Gasteiger partial charge >= 0.3 is 6.18 Å². The van der Waals surface area contributed by atoms with Gasteiger partial charge in [-0.3, -0.25) is 13.9 Å². The van der Waals surface area contributed by atoms with Gasteiger partial charge in [0.05, 0.1) is 17.5 Å². The molecule has 0 radical (unpaired) electrons. The minimum atomic E-state index is -4.72. The predicted molar refractivity (Wildman–Crippen MR) is 145 cm³/mol. The zero-order chi connectivity index (χ0) is 29.0. The van der Waals surface area contributed by atoms with Gasteiger partial charge < -0.3 is 10.2 Å². The second kappa shape index (κ2) is 12.8. The molecule has 1 atom stereocenters. The van der Waals surface area contributed by atoms with Crippen molar-refractivity contribution in [2.75, 3.05) is 17.1 Å². The van der Waals surface area contributed by atoms with Crippen LogP contribution in [0.2, 0.25) is 10.0 Å². The van der Waals surface area contributed by atoms with Crippen molar-refractivity contribution in [3.63, 3.8) is 0 Å². The Morgan fingerprint density at radius 1 is 1.05 bits per heavy atom. The van der Waals surface area contributed by atoms with Crippen LogP contribution in [-0.2, 0) is 32.3 Å². The molecule has 13 heteroatoms. The first-order chi connectivity index (χ1) is 18.2. The molecule has 0 saturated heterocycles. The third kappa shape index (κ3) is 8.25. The van der Waals surface area contributed by atoms with Crippen LogP contribution in [0.25, 0.3) is 0 Å². The van der Waals surface area contributed by atoms with Gasteiger partial charge in [-0.1, -0.05) is 54.6 Å². The number of nitrogens with zero attached hydrogens (tertiary/aromatic N) is 2. The van der Waals surface area contributed by atoms with Crippen molar-refractivity contribution >= 4 is 50.7 Å². The first-order valence-electron chi connectivity index (χ1n) is 12.4. The van der Waals surface area contributed by atoms with Crippen LogP contribution >= 0.6 is 23.2 Å². The van der Waals surface area contributed by atoms with E-state index in [1.807, 2.05) is 0 Å². The fourth-order valence-corrected chi connectivity index (χ4v) is 5.81. The average Bonchev–Trinajstić information content (AvgIpc) is 2.86. The van der Waals surface area contributed by atoms with Crippen LogP contribution in [0, 0.1) is 0 Å². The molecule has 2 amide bonds. The molecule has 0 spiro atoms. The SMILES string of the molecule is CC(C(=O)NC1CCCCC1)N(Cc1c(Cl)cccc1Cl)C(=O)CN(c1cccc(C(F)(F)F)c1)S(C)(=O)=O. The molecular formula is C26H30Cl2F3N3O4S. The van der Waals surface area contributed by atoms with Gasteiger partial charge in [-0.05, 0) is 50.1 Å². The molecule has 1 unspecified atom stereocenters. The Labute approximate surface area is 236 Å². The Bertz CT molecular complexity index is 1280. The van der Waals surface area contributed by atoms with Gasteiger partial charge in [-0.25, -0.2) is 8.42 Å². The summed E-state index contributed by atoms with van der Waals surface area (Å²) >= 11 is 12.6. The van der Waals surface area contributed by atoms with Gasteiger partial charge in [0.2, 0.25) is 21.8 Å². The predicted octanol–water partition coefficient (Wildman–Crippen LogP) is 5.64. The lowest BCUT2D eigenvalue weighted by atomic mass is 9.95. The molecule has 2 aromatic rings. The molecule has 1 saturated carbocycles. The number of rotatable bonds is 9. The van der Waals surface area contributed by atoms with Crippen LogP contribution in [0.4, 0.5) is 18.9 Å². The van der Waals surface area contributed by atoms with Gasteiger partial charge in [0.25, 0.3) is 0 Å². The first-order valence-corrected chi connectivity index (χ1v) is 15.0. The number of nitrogens with one attached hydrogen (secondary N) is 1. The number of benzene rings is 2. The van der Waals surface area contributed by atoms with Crippen molar-refractivity contribution < 1.29 is 31.2 Å². The van der Waals surface area contributed by atoms with Gasteiger partial charge in [-0.15, -0.1) is 0 Å². The maximum absolute atomic E-state index is 13.7. The number of alkyl halides is 3. The van der Waals surface area contributed by atoms with Crippen LogP contribution in [-0.4, -0.2) is 50.0 Å². The van der Waals surface area contributed by atoms with Gasteiger partial charge in [0, 0.05) is 28.2 Å². The zero-order valence-electron chi connectivity index (χ0n) is 21.5. The van der Waals surface area contributed by atoms with Crippen molar-refractivity contribution in [2.45, 2.75) is 63.8 Å². The van der Waals surface area contributed by atoms with Crippen LogP contribution in [0.3, 0.4) is 0 Å². The Morgan fingerprint density at radius 3 is 2.21 bits per heavy atom. The van der Waals surface area contributed by atoms with E-state index in [1.165, 1.54) is 6.92 Å². The topological polar surface area (TPSA) is 86.8 Å². The molecule has 1 N–H and O–H groups in total. The molecule has 0 aliphatic heterocycles. The number of carbonyl (C=O) groups is 2. The third-order valence-electron chi connectivity index (χ3n) is 6.65. The molecule has 39 heavy (non-hydrogen) atoms. The van der Waals surface area contributed by atoms with E-state index in [4.69, 9.17) is 23.2 Å². The highest BCUT2D eigenvalue weighted by Crippen LogP contribution is 2.32. The smallest absolute Gasteiger partial charge is 0.352 e. The quantitative estimate of drug-likeness (QED) is 0.399. The van der Waals surface area contributed by atoms with E-state index in [0.29, 0.717) is 15.9 Å². The molecule has 1 aliphatic rings. The Balaban J connectivity index is 1.95. The molecule has 7 nitrogen and oxygen atoms in total. The monoisotopic (exact) mass is 607 g/mol. The van der Waals surface area contributed by atoms with E-state index in [2.05, 4.69) is 5.32 Å². The highest BCUT2D eigenvalue weighted by molar-refractivity contribution is 7.92. The maximum Gasteiger partial charge on any atom is 0.416 e. The van der Waals surface area contributed by atoms with Crippen molar-refractivity contribution in [3.05, 3.63) is 63.6 Å². The summed E-state index contributed by atoms with van der Waals surface area (Å²) in [4.78, 5) is 28.0. The van der Waals surface area contributed by atoms with E-state index in [9.17, 15) is 31.2 Å². The normalized spacial score (nSPS) is 15.5. The first kappa shape index (κ1) is 31.0. The summed E-state index contributed by atoms with van der Waals surface area (Å²) in [7, 11) is -4.20. The molecule has 0 aromatic heterocycles. The number of hydrogen-bond acceptors (Lipinski definition) is 4. The highest BCUT2D eigenvalue weighted by atomic mass is 35.5. The fraction of sp³-hybridized carbons (Fsp3) is 0.462. The molecule has 214 valence electrons. The van der Waals surface area contributed by atoms with Crippen molar-refractivity contribution in [3.8, 4) is 0 Å². The Kier molecular flexibility index (Phi) is 10.2. The molecular weight excluding hydrogens is 578 g/mol.